The Kier molecular flexibility index (Phi) is 4.58. The molecule has 2 atom stereocenters. The maximum absolute atomic E-state index is 11.8. The van der Waals surface area contributed by atoms with Gasteiger partial charge in [-0.05, 0) is 32.6 Å². The van der Waals surface area contributed by atoms with E-state index in [0.29, 0.717) is 13.0 Å². The third-order valence-corrected chi connectivity index (χ3v) is 3.03. The van der Waals surface area contributed by atoms with Crippen molar-refractivity contribution >= 4 is 12.0 Å². The fourth-order valence-corrected chi connectivity index (χ4v) is 1.83. The first-order valence-electron chi connectivity index (χ1n) is 5.86. The Hall–Kier alpha value is -1.26. The van der Waals surface area contributed by atoms with Crippen molar-refractivity contribution in [1.82, 2.24) is 10.2 Å². The van der Waals surface area contributed by atoms with Crippen LogP contribution >= 0.6 is 0 Å². The number of likely N-dealkylation sites (tertiary alicyclic amines) is 1. The molecule has 5 nitrogen and oxygen atoms in total. The van der Waals surface area contributed by atoms with E-state index in [4.69, 9.17) is 5.11 Å². The van der Waals surface area contributed by atoms with Crippen molar-refractivity contribution in [3.8, 4) is 0 Å². The molecule has 0 bridgehead atoms. The summed E-state index contributed by atoms with van der Waals surface area (Å²) in [6, 6.07) is -0.817. The average molecular weight is 228 g/mol. The van der Waals surface area contributed by atoms with Crippen LogP contribution in [0, 0.1) is 0 Å². The van der Waals surface area contributed by atoms with Crippen molar-refractivity contribution in [3.05, 3.63) is 0 Å². The van der Waals surface area contributed by atoms with Gasteiger partial charge in [-0.3, -0.25) is 0 Å². The Morgan fingerprint density at radius 2 is 2.19 bits per heavy atom. The molecule has 0 aromatic rings. The van der Waals surface area contributed by atoms with Crippen LogP contribution in [0.3, 0.4) is 0 Å². The molecule has 0 radical (unpaired) electrons. The Labute approximate surface area is 95.8 Å². The van der Waals surface area contributed by atoms with Crippen LogP contribution in [0.15, 0.2) is 0 Å². The predicted octanol–water partition coefficient (Wildman–Crippen LogP) is 1.43. The van der Waals surface area contributed by atoms with Gasteiger partial charge in [0.1, 0.15) is 6.04 Å². The van der Waals surface area contributed by atoms with Crippen LogP contribution in [0.25, 0.3) is 0 Å². The lowest BCUT2D eigenvalue weighted by Gasteiger charge is -2.33. The number of rotatable bonds is 3. The van der Waals surface area contributed by atoms with Gasteiger partial charge in [-0.2, -0.15) is 0 Å². The molecule has 0 spiro atoms. The summed E-state index contributed by atoms with van der Waals surface area (Å²) in [6.45, 7) is 4.44. The molecule has 1 rings (SSSR count). The van der Waals surface area contributed by atoms with Gasteiger partial charge in [0.2, 0.25) is 0 Å². The number of carboxylic acid groups (broad SMARTS) is 1. The van der Waals surface area contributed by atoms with E-state index in [-0.39, 0.29) is 12.1 Å². The summed E-state index contributed by atoms with van der Waals surface area (Å²) in [5.74, 6) is -0.904. The fraction of sp³-hybridized carbons (Fsp3) is 0.818. The number of nitrogens with one attached hydrogen (secondary N) is 1. The standard InChI is InChI=1S/C11H20N2O3/c1-3-8(2)12-11(16)13-7-5-4-6-9(13)10(14)15/h8-9H,3-7H2,1-2H3,(H,12,16)(H,14,15). The zero-order chi connectivity index (χ0) is 12.1. The molecule has 2 amide bonds. The lowest BCUT2D eigenvalue weighted by atomic mass is 10.0. The minimum Gasteiger partial charge on any atom is -0.480 e. The lowest BCUT2D eigenvalue weighted by Crippen LogP contribution is -2.53. The molecule has 2 N–H and O–H groups in total. The summed E-state index contributed by atoms with van der Waals surface area (Å²) in [5, 5.41) is 11.8. The van der Waals surface area contributed by atoms with Gasteiger partial charge in [-0.25, -0.2) is 9.59 Å². The van der Waals surface area contributed by atoms with E-state index in [9.17, 15) is 9.59 Å². The second kappa shape index (κ2) is 5.72. The third-order valence-electron chi connectivity index (χ3n) is 3.03. The first-order chi connectivity index (χ1) is 7.56. The van der Waals surface area contributed by atoms with Gasteiger partial charge >= 0.3 is 12.0 Å². The molecule has 1 fully saturated rings. The van der Waals surface area contributed by atoms with Crippen LogP contribution in [0.4, 0.5) is 4.79 Å². The summed E-state index contributed by atoms with van der Waals surface area (Å²) in [5.41, 5.74) is 0. The van der Waals surface area contributed by atoms with E-state index < -0.39 is 12.0 Å². The van der Waals surface area contributed by atoms with E-state index in [2.05, 4.69) is 5.32 Å². The van der Waals surface area contributed by atoms with Gasteiger partial charge < -0.3 is 15.3 Å². The highest BCUT2D eigenvalue weighted by molar-refractivity contribution is 5.83. The summed E-state index contributed by atoms with van der Waals surface area (Å²) in [7, 11) is 0. The van der Waals surface area contributed by atoms with Crippen LogP contribution in [-0.4, -0.2) is 40.6 Å². The van der Waals surface area contributed by atoms with Crippen molar-refractivity contribution < 1.29 is 14.7 Å². The van der Waals surface area contributed by atoms with E-state index in [0.717, 1.165) is 19.3 Å². The number of carbonyl (C=O) groups is 2. The van der Waals surface area contributed by atoms with E-state index >= 15 is 0 Å². The van der Waals surface area contributed by atoms with Gasteiger partial charge in [-0.1, -0.05) is 6.92 Å². The normalized spacial score (nSPS) is 22.6. The van der Waals surface area contributed by atoms with Crippen LogP contribution < -0.4 is 5.32 Å². The molecule has 0 saturated carbocycles. The van der Waals surface area contributed by atoms with Crippen molar-refractivity contribution in [2.75, 3.05) is 6.54 Å². The SMILES string of the molecule is CCC(C)NC(=O)N1CCCCC1C(=O)O. The minimum absolute atomic E-state index is 0.0869. The number of carbonyl (C=O) groups excluding carboxylic acids is 1. The van der Waals surface area contributed by atoms with E-state index in [1.807, 2.05) is 13.8 Å². The summed E-state index contributed by atoms with van der Waals surface area (Å²) >= 11 is 0. The molecule has 92 valence electrons. The van der Waals surface area contributed by atoms with Gasteiger partial charge in [0.15, 0.2) is 0 Å². The van der Waals surface area contributed by atoms with Crippen molar-refractivity contribution in [2.24, 2.45) is 0 Å². The second-order valence-corrected chi connectivity index (χ2v) is 4.30. The molecule has 16 heavy (non-hydrogen) atoms. The second-order valence-electron chi connectivity index (χ2n) is 4.30. The van der Waals surface area contributed by atoms with Gasteiger partial charge in [0.05, 0.1) is 0 Å². The van der Waals surface area contributed by atoms with E-state index in [1.165, 1.54) is 4.90 Å². The zero-order valence-corrected chi connectivity index (χ0v) is 9.90. The summed E-state index contributed by atoms with van der Waals surface area (Å²) in [6.07, 6.45) is 3.17. The molecule has 0 aromatic heterocycles. The molecule has 1 heterocycles. The monoisotopic (exact) mass is 228 g/mol. The summed E-state index contributed by atoms with van der Waals surface area (Å²) in [4.78, 5) is 24.3. The number of hydrogen-bond donors (Lipinski definition) is 2. The smallest absolute Gasteiger partial charge is 0.326 e. The first-order valence-corrected chi connectivity index (χ1v) is 5.86. The number of carboxylic acids is 1. The lowest BCUT2D eigenvalue weighted by molar-refractivity contribution is -0.143. The van der Waals surface area contributed by atoms with Gasteiger partial charge in [0.25, 0.3) is 0 Å². The summed E-state index contributed by atoms with van der Waals surface area (Å²) < 4.78 is 0. The van der Waals surface area contributed by atoms with Gasteiger partial charge in [-0.15, -0.1) is 0 Å². The predicted molar refractivity (Wildman–Crippen MR) is 60.3 cm³/mol. The topological polar surface area (TPSA) is 69.6 Å². The number of hydrogen-bond acceptors (Lipinski definition) is 2. The number of aliphatic carboxylic acids is 1. The first kappa shape index (κ1) is 12.8. The van der Waals surface area contributed by atoms with Crippen LogP contribution in [0.1, 0.15) is 39.5 Å². The molecular formula is C11H20N2O3. The van der Waals surface area contributed by atoms with Crippen LogP contribution in [-0.2, 0) is 4.79 Å². The zero-order valence-electron chi connectivity index (χ0n) is 9.90. The van der Waals surface area contributed by atoms with Crippen molar-refractivity contribution in [3.63, 3.8) is 0 Å². The molecule has 2 unspecified atom stereocenters. The number of urea groups is 1. The molecule has 1 aliphatic heterocycles. The largest absolute Gasteiger partial charge is 0.480 e. The fourth-order valence-electron chi connectivity index (χ4n) is 1.83. The number of nitrogens with zero attached hydrogens (tertiary/aromatic N) is 1. The van der Waals surface area contributed by atoms with Crippen molar-refractivity contribution in [1.29, 1.82) is 0 Å². The Bertz CT molecular complexity index is 268. The average Bonchev–Trinajstić information content (AvgIpc) is 2.28. The molecule has 1 aliphatic rings. The highest BCUT2D eigenvalue weighted by Gasteiger charge is 2.32. The van der Waals surface area contributed by atoms with Crippen LogP contribution in [0.5, 0.6) is 0 Å². The molecule has 1 saturated heterocycles. The van der Waals surface area contributed by atoms with Crippen molar-refractivity contribution in [2.45, 2.75) is 51.6 Å². The molecular weight excluding hydrogens is 208 g/mol. The van der Waals surface area contributed by atoms with Gasteiger partial charge in [0, 0.05) is 12.6 Å². The molecule has 0 aromatic carbocycles. The van der Waals surface area contributed by atoms with Crippen LogP contribution in [0.2, 0.25) is 0 Å². The maximum Gasteiger partial charge on any atom is 0.326 e. The quantitative estimate of drug-likeness (QED) is 0.767. The number of piperidine rings is 1. The Morgan fingerprint density at radius 3 is 2.75 bits per heavy atom. The van der Waals surface area contributed by atoms with E-state index in [1.54, 1.807) is 0 Å². The Balaban J connectivity index is 2.60. The highest BCUT2D eigenvalue weighted by atomic mass is 16.4. The third kappa shape index (κ3) is 3.12. The Morgan fingerprint density at radius 1 is 1.50 bits per heavy atom. The number of amides is 2. The molecule has 5 heteroatoms. The molecule has 0 aliphatic carbocycles. The highest BCUT2D eigenvalue weighted by Crippen LogP contribution is 2.17. The maximum atomic E-state index is 11.8. The minimum atomic E-state index is -0.904.